The maximum Gasteiger partial charge on any atom is 0.167 e. The summed E-state index contributed by atoms with van der Waals surface area (Å²) in [6, 6.07) is 2.80. The third kappa shape index (κ3) is 2.71. The number of benzene rings is 1. The molecule has 0 spiro atoms. The standard InChI is InChI=1S/C12H15FN4O/c1-18-12-5-11(10(14)4-9(12)13)16-3-2-8-6-15-7-17-8/h4-7,16H,2-3,14H2,1H3,(H,15,17). The molecule has 0 saturated heterocycles. The molecule has 0 bridgehead atoms. The third-order valence-electron chi connectivity index (χ3n) is 2.59. The van der Waals surface area contributed by atoms with Gasteiger partial charge in [0.05, 0.1) is 24.8 Å². The van der Waals surface area contributed by atoms with E-state index in [0.29, 0.717) is 17.9 Å². The Balaban J connectivity index is 2.00. The van der Waals surface area contributed by atoms with E-state index in [1.807, 2.05) is 0 Å². The number of imidazole rings is 1. The lowest BCUT2D eigenvalue weighted by molar-refractivity contribution is 0.387. The Kier molecular flexibility index (Phi) is 3.66. The van der Waals surface area contributed by atoms with Gasteiger partial charge in [0.15, 0.2) is 11.6 Å². The highest BCUT2D eigenvalue weighted by molar-refractivity contribution is 5.68. The van der Waals surface area contributed by atoms with E-state index in [1.54, 1.807) is 18.6 Å². The van der Waals surface area contributed by atoms with Crippen molar-refractivity contribution >= 4 is 11.4 Å². The first kappa shape index (κ1) is 12.2. The van der Waals surface area contributed by atoms with Crippen molar-refractivity contribution < 1.29 is 9.13 Å². The van der Waals surface area contributed by atoms with E-state index < -0.39 is 5.82 Å². The second-order valence-electron chi connectivity index (χ2n) is 3.83. The number of nitrogens with two attached hydrogens (primary N) is 1. The molecule has 0 unspecified atom stereocenters. The van der Waals surface area contributed by atoms with Gasteiger partial charge >= 0.3 is 0 Å². The normalized spacial score (nSPS) is 10.3. The summed E-state index contributed by atoms with van der Waals surface area (Å²) in [4.78, 5) is 6.93. The number of halogens is 1. The summed E-state index contributed by atoms with van der Waals surface area (Å²) in [5, 5.41) is 3.13. The van der Waals surface area contributed by atoms with Crippen LogP contribution in [0.4, 0.5) is 15.8 Å². The molecule has 0 radical (unpaired) electrons. The predicted octanol–water partition coefficient (Wildman–Crippen LogP) is 1.79. The number of ether oxygens (including phenoxy) is 1. The zero-order valence-electron chi connectivity index (χ0n) is 10.0. The summed E-state index contributed by atoms with van der Waals surface area (Å²) in [7, 11) is 1.42. The van der Waals surface area contributed by atoms with Crippen LogP contribution in [-0.2, 0) is 6.42 Å². The molecule has 0 atom stereocenters. The van der Waals surface area contributed by atoms with Gasteiger partial charge in [-0.15, -0.1) is 0 Å². The zero-order chi connectivity index (χ0) is 13.0. The molecule has 18 heavy (non-hydrogen) atoms. The van der Waals surface area contributed by atoms with Crippen molar-refractivity contribution in [2.45, 2.75) is 6.42 Å². The molecule has 2 aromatic rings. The molecule has 0 amide bonds. The van der Waals surface area contributed by atoms with Crippen LogP contribution in [0.1, 0.15) is 5.69 Å². The van der Waals surface area contributed by atoms with Crippen LogP contribution in [0.2, 0.25) is 0 Å². The quantitative estimate of drug-likeness (QED) is 0.707. The Bertz CT molecular complexity index is 513. The number of hydrogen-bond donors (Lipinski definition) is 3. The fraction of sp³-hybridized carbons (Fsp3) is 0.250. The Labute approximate surface area is 104 Å². The largest absolute Gasteiger partial charge is 0.494 e. The number of methoxy groups -OCH3 is 1. The number of hydrogen-bond acceptors (Lipinski definition) is 4. The Morgan fingerprint density at radius 1 is 1.50 bits per heavy atom. The van der Waals surface area contributed by atoms with Gasteiger partial charge in [0.25, 0.3) is 0 Å². The van der Waals surface area contributed by atoms with Crippen molar-refractivity contribution in [2.24, 2.45) is 0 Å². The first-order valence-corrected chi connectivity index (χ1v) is 5.55. The van der Waals surface area contributed by atoms with Crippen molar-refractivity contribution in [1.82, 2.24) is 9.97 Å². The van der Waals surface area contributed by atoms with Crippen LogP contribution in [0, 0.1) is 5.82 Å². The second kappa shape index (κ2) is 5.39. The lowest BCUT2D eigenvalue weighted by Crippen LogP contribution is -2.07. The molecule has 1 aromatic carbocycles. The zero-order valence-corrected chi connectivity index (χ0v) is 10.0. The van der Waals surface area contributed by atoms with Crippen LogP contribution in [0.15, 0.2) is 24.7 Å². The summed E-state index contributed by atoms with van der Waals surface area (Å²) >= 11 is 0. The maximum absolute atomic E-state index is 13.3. The van der Waals surface area contributed by atoms with Crippen LogP contribution in [0.3, 0.4) is 0 Å². The lowest BCUT2D eigenvalue weighted by Gasteiger charge is -2.11. The number of aromatic amines is 1. The molecule has 0 fully saturated rings. The highest BCUT2D eigenvalue weighted by Gasteiger charge is 2.07. The van der Waals surface area contributed by atoms with Crippen LogP contribution in [0.25, 0.3) is 0 Å². The molecule has 2 rings (SSSR count). The molecule has 1 aromatic heterocycles. The smallest absolute Gasteiger partial charge is 0.167 e. The molecule has 4 N–H and O–H groups in total. The summed E-state index contributed by atoms with van der Waals surface area (Å²) in [5.74, 6) is -0.289. The SMILES string of the molecule is COc1cc(NCCc2cnc[nH]2)c(N)cc1F. The lowest BCUT2D eigenvalue weighted by atomic mass is 10.2. The van der Waals surface area contributed by atoms with Gasteiger partial charge in [-0.2, -0.15) is 0 Å². The van der Waals surface area contributed by atoms with Gasteiger partial charge in [0, 0.05) is 37.0 Å². The average Bonchev–Trinajstić information content (AvgIpc) is 2.85. The van der Waals surface area contributed by atoms with E-state index in [2.05, 4.69) is 15.3 Å². The number of aromatic nitrogens is 2. The minimum Gasteiger partial charge on any atom is -0.494 e. The molecule has 0 aliphatic heterocycles. The number of anilines is 2. The first-order valence-electron chi connectivity index (χ1n) is 5.55. The molecular weight excluding hydrogens is 235 g/mol. The van der Waals surface area contributed by atoms with Crippen molar-refractivity contribution in [3.63, 3.8) is 0 Å². The Morgan fingerprint density at radius 2 is 2.33 bits per heavy atom. The molecule has 6 heteroatoms. The van der Waals surface area contributed by atoms with Crippen LogP contribution < -0.4 is 15.8 Å². The van der Waals surface area contributed by atoms with Gasteiger partial charge in [-0.05, 0) is 0 Å². The van der Waals surface area contributed by atoms with Gasteiger partial charge in [-0.25, -0.2) is 9.37 Å². The van der Waals surface area contributed by atoms with Crippen molar-refractivity contribution in [2.75, 3.05) is 24.7 Å². The van der Waals surface area contributed by atoms with E-state index in [0.717, 1.165) is 12.1 Å². The molecular formula is C12H15FN4O. The Hall–Kier alpha value is -2.24. The van der Waals surface area contributed by atoms with E-state index in [9.17, 15) is 4.39 Å². The van der Waals surface area contributed by atoms with Crippen molar-refractivity contribution in [3.8, 4) is 5.75 Å². The highest BCUT2D eigenvalue weighted by Crippen LogP contribution is 2.27. The van der Waals surface area contributed by atoms with Crippen LogP contribution in [-0.4, -0.2) is 23.6 Å². The number of nitrogens with one attached hydrogen (secondary N) is 2. The second-order valence-corrected chi connectivity index (χ2v) is 3.83. The van der Waals surface area contributed by atoms with Crippen LogP contribution >= 0.6 is 0 Å². The fourth-order valence-corrected chi connectivity index (χ4v) is 1.63. The number of nitrogens with zero attached hydrogens (tertiary/aromatic N) is 1. The third-order valence-corrected chi connectivity index (χ3v) is 2.59. The van der Waals surface area contributed by atoms with E-state index in [-0.39, 0.29) is 5.75 Å². The van der Waals surface area contributed by atoms with Crippen LogP contribution in [0.5, 0.6) is 5.75 Å². The first-order chi connectivity index (χ1) is 8.70. The van der Waals surface area contributed by atoms with Crippen molar-refractivity contribution in [1.29, 1.82) is 0 Å². The van der Waals surface area contributed by atoms with Gasteiger partial charge in [-0.1, -0.05) is 0 Å². The maximum atomic E-state index is 13.3. The highest BCUT2D eigenvalue weighted by atomic mass is 19.1. The molecule has 96 valence electrons. The molecule has 0 aliphatic rings. The minimum atomic E-state index is -0.464. The molecule has 5 nitrogen and oxygen atoms in total. The number of H-pyrrole nitrogens is 1. The van der Waals surface area contributed by atoms with Gasteiger partial charge in [-0.3, -0.25) is 0 Å². The number of nitrogen functional groups attached to an aromatic ring is 1. The summed E-state index contributed by atoms with van der Waals surface area (Å²) in [6.07, 6.45) is 4.17. The van der Waals surface area contributed by atoms with Gasteiger partial charge < -0.3 is 20.8 Å². The fourth-order valence-electron chi connectivity index (χ4n) is 1.63. The van der Waals surface area contributed by atoms with Gasteiger partial charge in [0.2, 0.25) is 0 Å². The minimum absolute atomic E-state index is 0.174. The van der Waals surface area contributed by atoms with E-state index >= 15 is 0 Å². The molecule has 1 heterocycles. The summed E-state index contributed by atoms with van der Waals surface area (Å²) < 4.78 is 18.2. The van der Waals surface area contributed by atoms with Crippen molar-refractivity contribution in [3.05, 3.63) is 36.2 Å². The van der Waals surface area contributed by atoms with E-state index in [4.69, 9.17) is 10.5 Å². The van der Waals surface area contributed by atoms with E-state index in [1.165, 1.54) is 13.2 Å². The summed E-state index contributed by atoms with van der Waals surface area (Å²) in [6.45, 7) is 0.668. The molecule has 0 aliphatic carbocycles. The average molecular weight is 250 g/mol. The topological polar surface area (TPSA) is 76.0 Å². The monoisotopic (exact) mass is 250 g/mol. The summed E-state index contributed by atoms with van der Waals surface area (Å²) in [5.41, 5.74) is 7.77. The molecule has 0 saturated carbocycles. The Morgan fingerprint density at radius 3 is 3.00 bits per heavy atom. The predicted molar refractivity (Wildman–Crippen MR) is 68.1 cm³/mol. The van der Waals surface area contributed by atoms with Gasteiger partial charge in [0.1, 0.15) is 0 Å². The number of rotatable bonds is 5.